The van der Waals surface area contributed by atoms with Gasteiger partial charge in [0, 0.05) is 38.2 Å². The van der Waals surface area contributed by atoms with Gasteiger partial charge in [0.2, 0.25) is 0 Å². The molecule has 0 saturated heterocycles. The number of nitrogens with zero attached hydrogens (tertiary/aromatic N) is 3. The highest BCUT2D eigenvalue weighted by molar-refractivity contribution is 6.25. The topological polar surface area (TPSA) is 38.7 Å². The van der Waals surface area contributed by atoms with E-state index in [1.54, 1.807) is 0 Å². The first-order chi connectivity index (χ1) is 29.7. The third kappa shape index (κ3) is 5.71. The maximum atomic E-state index is 5.35. The predicted octanol–water partition coefficient (Wildman–Crippen LogP) is 15.1. The Bertz CT molecular complexity index is 3660. The molecule has 0 N–H and O–H groups in total. The maximum Gasteiger partial charge on any atom is 0.160 e. The molecule has 278 valence electrons. The van der Waals surface area contributed by atoms with Crippen LogP contribution in [0.5, 0.6) is 0 Å². The van der Waals surface area contributed by atoms with Gasteiger partial charge >= 0.3 is 0 Å². The van der Waals surface area contributed by atoms with E-state index in [1.165, 1.54) is 43.3 Å². The number of benzene rings is 10. The van der Waals surface area contributed by atoms with E-state index in [1.807, 2.05) is 6.07 Å². The van der Waals surface area contributed by atoms with Crippen molar-refractivity contribution >= 4 is 64.9 Å². The quantitative estimate of drug-likeness (QED) is 0.164. The number of fused-ring (bicyclic) bond motifs is 8. The first-order valence-electron chi connectivity index (χ1n) is 20.4. The van der Waals surface area contributed by atoms with Crippen LogP contribution in [-0.2, 0) is 0 Å². The summed E-state index contributed by atoms with van der Waals surface area (Å²) in [6.45, 7) is 0. The molecule has 2 heterocycles. The smallest absolute Gasteiger partial charge is 0.160 e. The van der Waals surface area contributed by atoms with Gasteiger partial charge in [-0.2, -0.15) is 0 Å². The second-order valence-corrected chi connectivity index (χ2v) is 15.6. The lowest BCUT2D eigenvalue weighted by Crippen LogP contribution is -1.95. The summed E-state index contributed by atoms with van der Waals surface area (Å²) < 4.78 is 0. The fourth-order valence-corrected chi connectivity index (χ4v) is 9.05. The zero-order valence-corrected chi connectivity index (χ0v) is 32.5. The Labute approximate surface area is 346 Å². The van der Waals surface area contributed by atoms with E-state index in [0.717, 1.165) is 72.0 Å². The largest absolute Gasteiger partial charge is 0.247 e. The summed E-state index contributed by atoms with van der Waals surface area (Å²) in [6, 6.07) is 75.8. The van der Waals surface area contributed by atoms with Crippen molar-refractivity contribution in [2.24, 2.45) is 0 Å². The summed E-state index contributed by atoms with van der Waals surface area (Å²) in [5, 5.41) is 11.9. The van der Waals surface area contributed by atoms with Gasteiger partial charge < -0.3 is 0 Å². The normalized spacial score (nSPS) is 11.7. The van der Waals surface area contributed by atoms with Crippen molar-refractivity contribution < 1.29 is 0 Å². The molecule has 0 spiro atoms. The van der Waals surface area contributed by atoms with Gasteiger partial charge in [-0.3, -0.25) is 0 Å². The van der Waals surface area contributed by atoms with Crippen LogP contribution >= 0.6 is 0 Å². The highest BCUT2D eigenvalue weighted by atomic mass is 14.9. The van der Waals surface area contributed by atoms with E-state index in [9.17, 15) is 0 Å². The van der Waals surface area contributed by atoms with Gasteiger partial charge in [0.05, 0.1) is 22.4 Å². The molecule has 3 nitrogen and oxygen atoms in total. The molecule has 0 bridgehead atoms. The highest BCUT2D eigenvalue weighted by Crippen LogP contribution is 2.42. The fraction of sp³-hybridized carbons (Fsp3) is 0. The van der Waals surface area contributed by atoms with E-state index in [-0.39, 0.29) is 0 Å². The average Bonchev–Trinajstić information content (AvgIpc) is 3.32. The second-order valence-electron chi connectivity index (χ2n) is 15.6. The van der Waals surface area contributed by atoms with E-state index in [0.29, 0.717) is 5.82 Å². The highest BCUT2D eigenvalue weighted by Gasteiger charge is 2.18. The van der Waals surface area contributed by atoms with Crippen LogP contribution in [0.15, 0.2) is 212 Å². The molecule has 10 aromatic carbocycles. The number of para-hydroxylation sites is 2. The molecular weight excluding hydrogens is 727 g/mol. The minimum Gasteiger partial charge on any atom is -0.247 e. The van der Waals surface area contributed by atoms with Gasteiger partial charge in [0.1, 0.15) is 0 Å². The van der Waals surface area contributed by atoms with Crippen LogP contribution in [0.1, 0.15) is 0 Å². The maximum absolute atomic E-state index is 5.35. The van der Waals surface area contributed by atoms with Gasteiger partial charge in [0.25, 0.3) is 0 Å². The Kier molecular flexibility index (Phi) is 7.85. The van der Waals surface area contributed by atoms with Crippen LogP contribution in [0, 0.1) is 0 Å². The zero-order valence-electron chi connectivity index (χ0n) is 32.5. The summed E-state index contributed by atoms with van der Waals surface area (Å²) in [5.74, 6) is 0.710. The van der Waals surface area contributed by atoms with E-state index >= 15 is 0 Å². The standard InChI is InChI=1S/C57H35N3/c1-3-14-40-32-43(30-26-36(40)12-1)55-49-21-8-10-23-53(49)59-57(60-55)45-17-11-16-42(34-45)38-24-28-39(29-25-38)50-35-51-54(47-19-6-5-18-46(47)50)48-20-7-9-22-52(48)58-56(51)44-31-27-37-13-2-4-15-41(37)33-44/h1-35H. The molecule has 2 aromatic heterocycles. The average molecular weight is 762 g/mol. The van der Waals surface area contributed by atoms with Gasteiger partial charge in [-0.15, -0.1) is 0 Å². The molecule has 12 aromatic rings. The molecule has 0 aliphatic rings. The summed E-state index contributed by atoms with van der Waals surface area (Å²) >= 11 is 0. The van der Waals surface area contributed by atoms with Crippen molar-refractivity contribution in [3.05, 3.63) is 212 Å². The summed E-state index contributed by atoms with van der Waals surface area (Å²) in [4.78, 5) is 15.7. The Morgan fingerprint density at radius 1 is 0.250 bits per heavy atom. The van der Waals surface area contributed by atoms with Crippen molar-refractivity contribution in [2.75, 3.05) is 0 Å². The third-order valence-corrected chi connectivity index (χ3v) is 12.0. The van der Waals surface area contributed by atoms with Crippen molar-refractivity contribution in [2.45, 2.75) is 0 Å². The Hall–Kier alpha value is -8.01. The summed E-state index contributed by atoms with van der Waals surface area (Å²) in [5.41, 5.74) is 11.6. The van der Waals surface area contributed by atoms with Crippen LogP contribution < -0.4 is 0 Å². The lowest BCUT2D eigenvalue weighted by Gasteiger charge is -2.16. The number of hydrogen-bond acceptors (Lipinski definition) is 3. The fourth-order valence-electron chi connectivity index (χ4n) is 9.05. The molecule has 0 amide bonds. The molecule has 0 aliphatic heterocycles. The van der Waals surface area contributed by atoms with E-state index in [4.69, 9.17) is 15.0 Å². The van der Waals surface area contributed by atoms with Crippen LogP contribution in [0.3, 0.4) is 0 Å². The van der Waals surface area contributed by atoms with E-state index in [2.05, 4.69) is 206 Å². The van der Waals surface area contributed by atoms with Gasteiger partial charge in [0.15, 0.2) is 5.82 Å². The Morgan fingerprint density at radius 2 is 0.767 bits per heavy atom. The molecular formula is C57H35N3. The van der Waals surface area contributed by atoms with E-state index < -0.39 is 0 Å². The van der Waals surface area contributed by atoms with Crippen molar-refractivity contribution in [1.29, 1.82) is 0 Å². The molecule has 60 heavy (non-hydrogen) atoms. The number of hydrogen-bond donors (Lipinski definition) is 0. The monoisotopic (exact) mass is 761 g/mol. The SMILES string of the molecule is c1cc(-c2ccc(-c3cc4c(-c5ccc6ccccc6c5)nc5ccccc5c4c4ccccc34)cc2)cc(-c2nc(-c3ccc4ccccc4c3)c3ccccc3n2)c1. The number of rotatable bonds is 5. The second kappa shape index (κ2) is 13.8. The predicted molar refractivity (Wildman–Crippen MR) is 252 cm³/mol. The molecule has 12 rings (SSSR count). The molecule has 0 aliphatic carbocycles. The van der Waals surface area contributed by atoms with Crippen molar-refractivity contribution in [3.63, 3.8) is 0 Å². The molecule has 0 radical (unpaired) electrons. The van der Waals surface area contributed by atoms with Crippen LogP contribution in [0.25, 0.3) is 121 Å². The molecule has 0 atom stereocenters. The first kappa shape index (κ1) is 34.1. The lowest BCUT2D eigenvalue weighted by molar-refractivity contribution is 1.23. The van der Waals surface area contributed by atoms with Crippen LogP contribution in [0.4, 0.5) is 0 Å². The van der Waals surface area contributed by atoms with Crippen molar-refractivity contribution in [1.82, 2.24) is 15.0 Å². The molecule has 0 saturated carbocycles. The Morgan fingerprint density at radius 3 is 1.47 bits per heavy atom. The Balaban J connectivity index is 0.971. The minimum atomic E-state index is 0.710. The minimum absolute atomic E-state index is 0.710. The number of aromatic nitrogens is 3. The number of pyridine rings is 1. The van der Waals surface area contributed by atoms with Crippen molar-refractivity contribution in [3.8, 4) is 56.2 Å². The summed E-state index contributed by atoms with van der Waals surface area (Å²) in [7, 11) is 0. The van der Waals surface area contributed by atoms with Gasteiger partial charge in [-0.25, -0.2) is 15.0 Å². The van der Waals surface area contributed by atoms with Crippen LogP contribution in [-0.4, -0.2) is 15.0 Å². The molecule has 0 fully saturated rings. The first-order valence-corrected chi connectivity index (χ1v) is 20.4. The van der Waals surface area contributed by atoms with Gasteiger partial charge in [-0.1, -0.05) is 176 Å². The third-order valence-electron chi connectivity index (χ3n) is 12.0. The summed E-state index contributed by atoms with van der Waals surface area (Å²) in [6.07, 6.45) is 0. The van der Waals surface area contributed by atoms with Crippen LogP contribution in [0.2, 0.25) is 0 Å². The molecule has 0 unspecified atom stereocenters. The zero-order chi connectivity index (χ0) is 39.6. The van der Waals surface area contributed by atoms with Gasteiger partial charge in [-0.05, 0) is 91.0 Å². The lowest BCUT2D eigenvalue weighted by atomic mass is 9.89. The molecule has 3 heteroatoms.